The van der Waals surface area contributed by atoms with E-state index in [1.807, 2.05) is 13.8 Å². The Hall–Kier alpha value is -1.58. The monoisotopic (exact) mass is 397 g/mol. The predicted octanol–water partition coefficient (Wildman–Crippen LogP) is 2.28. The second-order valence-electron chi connectivity index (χ2n) is 9.19. The third kappa shape index (κ3) is 3.44. The van der Waals surface area contributed by atoms with Gasteiger partial charge in [0.2, 0.25) is 5.91 Å². The van der Waals surface area contributed by atoms with E-state index >= 15 is 0 Å². The molecule has 0 unspecified atom stereocenters. The maximum Gasteiger partial charge on any atom is 0.493 e. The van der Waals surface area contributed by atoms with Crippen molar-refractivity contribution >= 4 is 24.2 Å². The molecule has 1 aromatic rings. The second kappa shape index (κ2) is 6.21. The van der Waals surface area contributed by atoms with Crippen LogP contribution in [-0.2, 0) is 26.7 Å². The van der Waals surface area contributed by atoms with Crippen molar-refractivity contribution in [2.75, 3.05) is 18.1 Å². The molecule has 1 N–H and O–H groups in total. The number of halogens is 3. The van der Waals surface area contributed by atoms with Crippen LogP contribution < -0.4 is 10.4 Å². The fourth-order valence-corrected chi connectivity index (χ4v) is 4.27. The Morgan fingerprint density at radius 1 is 1.18 bits per heavy atom. The van der Waals surface area contributed by atoms with Gasteiger partial charge in [-0.15, -0.1) is 0 Å². The highest BCUT2D eigenvalue weighted by atomic mass is 19.4. The van der Waals surface area contributed by atoms with Crippen molar-refractivity contribution in [3.8, 4) is 0 Å². The zero-order chi connectivity index (χ0) is 20.5. The van der Waals surface area contributed by atoms with Crippen LogP contribution in [0.4, 0.5) is 18.9 Å². The third-order valence-electron chi connectivity index (χ3n) is 5.61. The van der Waals surface area contributed by atoms with Crippen LogP contribution in [0.25, 0.3) is 0 Å². The Morgan fingerprint density at radius 3 is 2.32 bits per heavy atom. The largest absolute Gasteiger partial charge is 0.493 e. The zero-order valence-corrected chi connectivity index (χ0v) is 16.1. The topological polar surface area (TPSA) is 59.0 Å². The summed E-state index contributed by atoms with van der Waals surface area (Å²) >= 11 is 0. The van der Waals surface area contributed by atoms with E-state index < -0.39 is 30.5 Å². The molecule has 0 aromatic heterocycles. The van der Waals surface area contributed by atoms with Gasteiger partial charge in [0.1, 0.15) is 0 Å². The number of alkyl halides is 3. The van der Waals surface area contributed by atoms with Gasteiger partial charge in [0.25, 0.3) is 0 Å². The fraction of sp³-hybridized carbons (Fsp3) is 0.632. The van der Waals surface area contributed by atoms with Gasteiger partial charge in [-0.25, -0.2) is 0 Å². The summed E-state index contributed by atoms with van der Waals surface area (Å²) in [5, 5.41) is 9.97. The lowest BCUT2D eigenvalue weighted by atomic mass is 9.74. The summed E-state index contributed by atoms with van der Waals surface area (Å²) in [5.74, 6) is -0.371. The van der Waals surface area contributed by atoms with Crippen molar-refractivity contribution in [3.05, 3.63) is 23.3 Å². The highest BCUT2D eigenvalue weighted by Crippen LogP contribution is 2.46. The number of hydrogen-bond donors (Lipinski definition) is 1. The Balaban J connectivity index is 1.71. The molecule has 0 bridgehead atoms. The summed E-state index contributed by atoms with van der Waals surface area (Å²) in [6.45, 7) is 6.28. The summed E-state index contributed by atoms with van der Waals surface area (Å²) in [4.78, 5) is 13.8. The van der Waals surface area contributed by atoms with Crippen molar-refractivity contribution in [2.24, 2.45) is 5.41 Å². The van der Waals surface area contributed by atoms with Crippen LogP contribution in [0, 0.1) is 5.41 Å². The van der Waals surface area contributed by atoms with Gasteiger partial charge >= 0.3 is 13.3 Å². The zero-order valence-electron chi connectivity index (χ0n) is 16.1. The quantitative estimate of drug-likeness (QED) is 0.779. The van der Waals surface area contributed by atoms with E-state index in [2.05, 4.69) is 0 Å². The van der Waals surface area contributed by atoms with E-state index in [0.29, 0.717) is 18.8 Å². The first-order valence-electron chi connectivity index (χ1n) is 9.38. The minimum Gasteiger partial charge on any atom is -0.407 e. The number of amides is 1. The Bertz CT molecular complexity index is 806. The van der Waals surface area contributed by atoms with Crippen LogP contribution in [0.2, 0.25) is 0 Å². The molecule has 2 heterocycles. The van der Waals surface area contributed by atoms with E-state index in [1.165, 1.54) is 4.90 Å². The van der Waals surface area contributed by atoms with Crippen LogP contribution >= 0.6 is 0 Å². The van der Waals surface area contributed by atoms with Crippen molar-refractivity contribution in [2.45, 2.75) is 57.9 Å². The summed E-state index contributed by atoms with van der Waals surface area (Å²) in [7, 11) is -0.881. The fourth-order valence-electron chi connectivity index (χ4n) is 4.27. The number of rotatable bonds is 2. The molecule has 2 fully saturated rings. The van der Waals surface area contributed by atoms with Gasteiger partial charge in [-0.2, -0.15) is 13.2 Å². The molecule has 0 radical (unpaired) electrons. The lowest BCUT2D eigenvalue weighted by Gasteiger charge is -2.46. The first kappa shape index (κ1) is 19.7. The van der Waals surface area contributed by atoms with E-state index in [-0.39, 0.29) is 41.7 Å². The lowest BCUT2D eigenvalue weighted by Crippen LogP contribution is -2.55. The number of aliphatic hydroxyl groups is 1. The summed E-state index contributed by atoms with van der Waals surface area (Å²) in [5.41, 5.74) is -1.47. The highest BCUT2D eigenvalue weighted by molar-refractivity contribution is 6.61. The van der Waals surface area contributed by atoms with Crippen molar-refractivity contribution < 1.29 is 32.4 Å². The number of carbonyl (C=O) groups is 1. The second-order valence-corrected chi connectivity index (χ2v) is 9.19. The summed E-state index contributed by atoms with van der Waals surface area (Å²) in [6.07, 6.45) is -4.19. The molecule has 1 amide bonds. The molecular weight excluding hydrogens is 374 g/mol. The molecule has 1 saturated carbocycles. The molecule has 152 valence electrons. The summed E-state index contributed by atoms with van der Waals surface area (Å²) in [6, 6.07) is 2.20. The van der Waals surface area contributed by atoms with Gasteiger partial charge in [0.05, 0.1) is 23.3 Å². The lowest BCUT2D eigenvalue weighted by molar-refractivity contribution is -0.137. The van der Waals surface area contributed by atoms with Crippen molar-refractivity contribution in [3.63, 3.8) is 0 Å². The minimum absolute atomic E-state index is 0.0853. The minimum atomic E-state index is -4.62. The SMILES string of the molecule is CC1(C)COB(c2cc3c(c(C(F)(F)F)c2)N([C@H]2C[C@@](C)(O)C2)C(=O)C3)OC1. The van der Waals surface area contributed by atoms with E-state index in [1.54, 1.807) is 13.0 Å². The average molecular weight is 397 g/mol. The van der Waals surface area contributed by atoms with Crippen LogP contribution in [0.3, 0.4) is 0 Å². The molecule has 0 atom stereocenters. The molecule has 9 heteroatoms. The number of benzene rings is 1. The molecule has 2 aliphatic heterocycles. The molecule has 3 aliphatic rings. The first-order valence-corrected chi connectivity index (χ1v) is 9.38. The average Bonchev–Trinajstić information content (AvgIpc) is 2.86. The van der Waals surface area contributed by atoms with Crippen molar-refractivity contribution in [1.29, 1.82) is 0 Å². The van der Waals surface area contributed by atoms with Gasteiger partial charge < -0.3 is 19.3 Å². The maximum atomic E-state index is 13.9. The number of hydrogen-bond acceptors (Lipinski definition) is 4. The highest BCUT2D eigenvalue weighted by Gasteiger charge is 2.50. The normalized spacial score (nSPS) is 29.7. The predicted molar refractivity (Wildman–Crippen MR) is 97.4 cm³/mol. The number of nitrogens with zero attached hydrogens (tertiary/aromatic N) is 1. The molecule has 1 saturated heterocycles. The third-order valence-corrected chi connectivity index (χ3v) is 5.61. The van der Waals surface area contributed by atoms with Gasteiger partial charge in [0, 0.05) is 24.7 Å². The van der Waals surface area contributed by atoms with Crippen LogP contribution in [-0.4, -0.2) is 43.0 Å². The molecule has 5 nitrogen and oxygen atoms in total. The van der Waals surface area contributed by atoms with E-state index in [4.69, 9.17) is 9.31 Å². The van der Waals surface area contributed by atoms with Crippen molar-refractivity contribution in [1.82, 2.24) is 0 Å². The molecular formula is C19H23BF3NO4. The van der Waals surface area contributed by atoms with Crippen LogP contribution in [0.5, 0.6) is 0 Å². The maximum absolute atomic E-state index is 13.9. The molecule has 1 aromatic carbocycles. The van der Waals surface area contributed by atoms with Crippen LogP contribution in [0.15, 0.2) is 12.1 Å². The Morgan fingerprint density at radius 2 is 1.79 bits per heavy atom. The molecule has 0 spiro atoms. The van der Waals surface area contributed by atoms with Gasteiger partial charge in [-0.05, 0) is 36.9 Å². The van der Waals surface area contributed by atoms with Crippen LogP contribution in [0.1, 0.15) is 44.7 Å². The van der Waals surface area contributed by atoms with E-state index in [9.17, 15) is 23.1 Å². The number of fused-ring (bicyclic) bond motifs is 1. The number of carbonyl (C=O) groups excluding carboxylic acids is 1. The Labute approximate surface area is 161 Å². The standard InChI is InChI=1S/C19H23BF3NO4/c1-17(2)9-27-20(28-10-17)12-4-11-5-15(25)24(13-7-18(3,26)8-13)16(11)14(6-12)19(21,22)23/h4,6,13,26H,5,7-10H2,1-3H3/t13-,18+. The molecule has 28 heavy (non-hydrogen) atoms. The Kier molecular flexibility index (Phi) is 4.38. The van der Waals surface area contributed by atoms with Gasteiger partial charge in [0.15, 0.2) is 0 Å². The molecule has 1 aliphatic carbocycles. The van der Waals surface area contributed by atoms with Gasteiger partial charge in [-0.1, -0.05) is 19.9 Å². The van der Waals surface area contributed by atoms with Gasteiger partial charge in [-0.3, -0.25) is 4.79 Å². The smallest absolute Gasteiger partial charge is 0.407 e. The van der Waals surface area contributed by atoms with E-state index in [0.717, 1.165) is 6.07 Å². The number of anilines is 1. The summed E-state index contributed by atoms with van der Waals surface area (Å²) < 4.78 is 52.9. The first-order chi connectivity index (χ1) is 12.9. The molecule has 4 rings (SSSR count).